The van der Waals surface area contributed by atoms with Crippen LogP contribution in [-0.2, 0) is 19.2 Å². The van der Waals surface area contributed by atoms with Crippen molar-refractivity contribution in [1.82, 2.24) is 31.1 Å². The number of nitrogens with zero attached hydrogens (tertiary/aromatic N) is 2. The number of hydrogen-bond donors (Lipinski definition) is 4. The van der Waals surface area contributed by atoms with Crippen LogP contribution in [-0.4, -0.2) is 101 Å². The van der Waals surface area contributed by atoms with E-state index in [1.807, 2.05) is 27.7 Å². The van der Waals surface area contributed by atoms with Gasteiger partial charge in [-0.3, -0.25) is 33.7 Å². The van der Waals surface area contributed by atoms with Crippen molar-refractivity contribution in [1.29, 1.82) is 0 Å². The number of alkyl halides is 2. The molecule has 0 aromatic heterocycles. The summed E-state index contributed by atoms with van der Waals surface area (Å²) < 4.78 is 26.9. The molecule has 6 atom stereocenters. The van der Waals surface area contributed by atoms with Gasteiger partial charge in [0.2, 0.25) is 24.0 Å². The van der Waals surface area contributed by atoms with Gasteiger partial charge in [0, 0.05) is 19.5 Å². The summed E-state index contributed by atoms with van der Waals surface area (Å²) in [6.45, 7) is 17.4. The lowest BCUT2D eigenvalue weighted by Crippen LogP contribution is -2.62. The number of carbonyl (C=O) groups is 7. The van der Waals surface area contributed by atoms with E-state index in [1.54, 1.807) is 52.0 Å². The second-order valence-electron chi connectivity index (χ2n) is 15.4. The summed E-state index contributed by atoms with van der Waals surface area (Å²) in [5.74, 6) is -5.61. The van der Waals surface area contributed by atoms with Crippen molar-refractivity contribution < 1.29 is 42.3 Å². The highest BCUT2D eigenvalue weighted by Gasteiger charge is 2.49. The molecule has 0 spiro atoms. The normalized spacial score (nSPS) is 20.7. The number of imide groups is 1. The zero-order chi connectivity index (χ0) is 38.6. The highest BCUT2D eigenvalue weighted by molar-refractivity contribution is 6.38. The molecule has 13 nitrogen and oxygen atoms in total. The third-order valence-electron chi connectivity index (χ3n) is 9.43. The van der Waals surface area contributed by atoms with Crippen LogP contribution in [0.15, 0.2) is 36.9 Å². The van der Waals surface area contributed by atoms with Gasteiger partial charge in [-0.05, 0) is 34.8 Å². The highest BCUT2D eigenvalue weighted by atomic mass is 19.3. The van der Waals surface area contributed by atoms with Crippen LogP contribution in [0, 0.1) is 22.7 Å². The minimum atomic E-state index is -3.02. The van der Waals surface area contributed by atoms with E-state index in [4.69, 9.17) is 0 Å². The molecule has 1 fully saturated rings. The molecule has 1 saturated heterocycles. The number of halogens is 2. The van der Waals surface area contributed by atoms with Crippen molar-refractivity contribution in [2.24, 2.45) is 22.7 Å². The van der Waals surface area contributed by atoms with Gasteiger partial charge in [-0.15, -0.1) is 6.58 Å². The molecule has 3 rings (SSSR count). The lowest BCUT2D eigenvalue weighted by Gasteiger charge is -2.38. The topological polar surface area (TPSA) is 174 Å². The number of Topliss-reactive ketones (excluding diaryl/α,β-unsaturated/α-hetero) is 1. The first-order chi connectivity index (χ1) is 23.6. The van der Waals surface area contributed by atoms with Crippen molar-refractivity contribution in [3.05, 3.63) is 48.0 Å². The fraction of sp³-hybridized carbons (Fsp3) is 0.583. The predicted molar refractivity (Wildman–Crippen MR) is 185 cm³/mol. The first-order valence-corrected chi connectivity index (χ1v) is 16.9. The summed E-state index contributed by atoms with van der Waals surface area (Å²) >= 11 is 0. The molecule has 0 radical (unpaired) electrons. The van der Waals surface area contributed by atoms with Crippen LogP contribution in [0.4, 0.5) is 13.6 Å². The van der Waals surface area contributed by atoms with Gasteiger partial charge in [0.25, 0.3) is 17.7 Å². The van der Waals surface area contributed by atoms with Crippen molar-refractivity contribution in [3.63, 3.8) is 0 Å². The molecule has 51 heavy (non-hydrogen) atoms. The lowest BCUT2D eigenvalue weighted by atomic mass is 9.85. The van der Waals surface area contributed by atoms with E-state index in [9.17, 15) is 42.3 Å². The van der Waals surface area contributed by atoms with E-state index in [2.05, 4.69) is 27.8 Å². The van der Waals surface area contributed by atoms with Gasteiger partial charge >= 0.3 is 6.03 Å². The Morgan fingerprint density at radius 2 is 1.49 bits per heavy atom. The Morgan fingerprint density at radius 1 is 0.922 bits per heavy atom. The molecule has 0 aliphatic carbocycles. The molecular weight excluding hydrogens is 666 g/mol. The highest BCUT2D eigenvalue weighted by Crippen LogP contribution is 2.33. The first kappa shape index (κ1) is 40.7. The maximum absolute atomic E-state index is 14.3. The van der Waals surface area contributed by atoms with Crippen LogP contribution < -0.4 is 21.3 Å². The Morgan fingerprint density at radius 3 is 1.98 bits per heavy atom. The SMILES string of the molecule is C=CCNC(=O)C(=O)[C@H](CC(F)F)NC(=O)[C@@H]1[C@@H](C)[C@@H](C)CN1C(=O)[C@@H](NC(=O)N[C@H](CN1C(=O)c2ccccc2C1=O)C(C)(C)C)C(C)(C)C. The van der Waals surface area contributed by atoms with Crippen molar-refractivity contribution in [2.45, 2.75) is 92.4 Å². The molecule has 15 heteroatoms. The Balaban J connectivity index is 1.83. The van der Waals surface area contributed by atoms with Gasteiger partial charge in [-0.1, -0.05) is 73.6 Å². The number of fused-ring (bicyclic) bond motifs is 1. The Labute approximate surface area is 297 Å². The van der Waals surface area contributed by atoms with Gasteiger partial charge in [-0.2, -0.15) is 0 Å². The molecule has 0 saturated carbocycles. The monoisotopic (exact) mass is 716 g/mol. The van der Waals surface area contributed by atoms with E-state index in [0.717, 1.165) is 4.90 Å². The third-order valence-corrected chi connectivity index (χ3v) is 9.43. The zero-order valence-electron chi connectivity index (χ0n) is 30.5. The summed E-state index contributed by atoms with van der Waals surface area (Å²) in [6.07, 6.45) is -2.83. The molecule has 2 aliphatic rings. The first-order valence-electron chi connectivity index (χ1n) is 16.9. The average Bonchev–Trinajstić information content (AvgIpc) is 3.47. The van der Waals surface area contributed by atoms with Crippen LogP contribution in [0.2, 0.25) is 0 Å². The molecular formula is C36H50F2N6O7. The second kappa shape index (κ2) is 16.1. The molecule has 2 heterocycles. The maximum Gasteiger partial charge on any atom is 0.315 e. The number of rotatable bonds is 13. The van der Waals surface area contributed by atoms with E-state index >= 15 is 0 Å². The molecule has 280 valence electrons. The number of ketones is 1. The van der Waals surface area contributed by atoms with Gasteiger partial charge in [0.05, 0.1) is 23.7 Å². The smallest absolute Gasteiger partial charge is 0.315 e. The van der Waals surface area contributed by atoms with Crippen LogP contribution in [0.25, 0.3) is 0 Å². The Bertz CT molecular complexity index is 1520. The summed E-state index contributed by atoms with van der Waals surface area (Å²) in [5, 5.41) is 10.1. The lowest BCUT2D eigenvalue weighted by molar-refractivity contribution is -0.144. The van der Waals surface area contributed by atoms with Crippen molar-refractivity contribution in [3.8, 4) is 0 Å². The van der Waals surface area contributed by atoms with Crippen LogP contribution >= 0.6 is 0 Å². The fourth-order valence-corrected chi connectivity index (χ4v) is 6.14. The van der Waals surface area contributed by atoms with Crippen LogP contribution in [0.5, 0.6) is 0 Å². The molecule has 1 aromatic rings. The number of carbonyl (C=O) groups excluding carboxylic acids is 7. The summed E-state index contributed by atoms with van der Waals surface area (Å²) in [6, 6.07) is 0.691. The largest absolute Gasteiger partial charge is 0.346 e. The molecule has 1 aromatic carbocycles. The van der Waals surface area contributed by atoms with E-state index in [1.165, 1.54) is 11.0 Å². The summed E-state index contributed by atoms with van der Waals surface area (Å²) in [5.41, 5.74) is -1.01. The Hall–Kier alpha value is -4.69. The molecule has 0 bridgehead atoms. The predicted octanol–water partition coefficient (Wildman–Crippen LogP) is 2.91. The zero-order valence-corrected chi connectivity index (χ0v) is 30.5. The van der Waals surface area contributed by atoms with E-state index < -0.39 is 95.1 Å². The number of benzene rings is 1. The Kier molecular flexibility index (Phi) is 12.9. The minimum absolute atomic E-state index is 0.0889. The number of likely N-dealkylation sites (tertiary alicyclic amines) is 1. The van der Waals surface area contributed by atoms with Gasteiger partial charge in [0.15, 0.2) is 0 Å². The molecule has 4 N–H and O–H groups in total. The molecule has 0 unspecified atom stereocenters. The fourth-order valence-electron chi connectivity index (χ4n) is 6.14. The summed E-state index contributed by atoms with van der Waals surface area (Å²) in [4.78, 5) is 95.1. The number of nitrogens with one attached hydrogen (secondary N) is 4. The molecule has 2 aliphatic heterocycles. The maximum atomic E-state index is 14.3. The third kappa shape index (κ3) is 9.56. The van der Waals surface area contributed by atoms with Gasteiger partial charge < -0.3 is 26.2 Å². The number of urea groups is 1. The van der Waals surface area contributed by atoms with Crippen molar-refractivity contribution in [2.75, 3.05) is 19.6 Å². The summed E-state index contributed by atoms with van der Waals surface area (Å²) in [7, 11) is 0. The number of amides is 7. The van der Waals surface area contributed by atoms with E-state index in [-0.39, 0.29) is 36.7 Å². The average molecular weight is 717 g/mol. The minimum Gasteiger partial charge on any atom is -0.346 e. The van der Waals surface area contributed by atoms with Gasteiger partial charge in [-0.25, -0.2) is 13.6 Å². The van der Waals surface area contributed by atoms with Gasteiger partial charge in [0.1, 0.15) is 18.1 Å². The quantitative estimate of drug-likeness (QED) is 0.138. The second-order valence-corrected chi connectivity index (χ2v) is 15.4. The van der Waals surface area contributed by atoms with Crippen molar-refractivity contribution >= 4 is 41.4 Å². The van der Waals surface area contributed by atoms with E-state index in [0.29, 0.717) is 0 Å². The molecule has 7 amide bonds. The number of hydrogen-bond acceptors (Lipinski definition) is 7. The van der Waals surface area contributed by atoms with Crippen LogP contribution in [0.3, 0.4) is 0 Å². The van der Waals surface area contributed by atoms with Crippen LogP contribution in [0.1, 0.15) is 82.5 Å². The standard InChI is InChI=1S/C36H50F2N6O7/c1-10-15-39-30(47)27(45)23(16-25(37)38)40-29(46)26-20(3)19(2)17-43(26)33(50)28(36(7,8)9)42-34(51)41-24(35(4,5)6)18-44-31(48)21-13-11-12-14-22(21)32(44)49/h10-14,19-20,23-26,28H,1,15-18H2,2-9H3,(H,39,47)(H,40,46)(H2,41,42,51)/t19-,20-,23-,24+,26-,28+/m0/s1.